The molecule has 0 saturated carbocycles. The Morgan fingerprint density at radius 3 is 0.731 bits per heavy atom. The van der Waals surface area contributed by atoms with Crippen molar-refractivity contribution in [3.05, 3.63) is 106 Å². The summed E-state index contributed by atoms with van der Waals surface area (Å²) >= 11 is 0. The lowest BCUT2D eigenvalue weighted by Gasteiger charge is -1.93. The van der Waals surface area contributed by atoms with E-state index in [-0.39, 0.29) is 0 Å². The molecule has 26 heavy (non-hydrogen) atoms. The average molecular weight is 328 g/mol. The summed E-state index contributed by atoms with van der Waals surface area (Å²) in [6.07, 6.45) is 0. The van der Waals surface area contributed by atoms with E-state index in [1.165, 1.54) is 0 Å². The van der Waals surface area contributed by atoms with Crippen molar-refractivity contribution in [1.29, 1.82) is 10.5 Å². The van der Waals surface area contributed by atoms with Gasteiger partial charge in [0.25, 0.3) is 0 Å². The Balaban J connectivity index is 1.71. The molecule has 0 N–H and O–H groups in total. The van der Waals surface area contributed by atoms with Gasteiger partial charge in [-0.15, -0.1) is 0 Å². The average Bonchev–Trinajstić information content (AvgIpc) is 2.72. The van der Waals surface area contributed by atoms with Gasteiger partial charge in [0.2, 0.25) is 0 Å². The van der Waals surface area contributed by atoms with Crippen LogP contribution in [-0.2, 0) is 0 Å². The van der Waals surface area contributed by atoms with Gasteiger partial charge in [-0.25, -0.2) is 0 Å². The smallest absolute Gasteiger partial charge is 0.0991 e. The monoisotopic (exact) mass is 328 g/mol. The van der Waals surface area contributed by atoms with Crippen molar-refractivity contribution < 1.29 is 0 Å². The minimum atomic E-state index is 0.626. The maximum Gasteiger partial charge on any atom is 0.0991 e. The molecular weight excluding hydrogens is 316 g/mol. The second kappa shape index (κ2) is 8.04. The standard InChI is InChI=1S/C24H12N2/c25-17-23-13-9-21(10-14-23)7-5-19-1-2-20(4-3-19)6-8-22-11-15-24(18-26)16-12-22/h1-4,9-16H. The fourth-order valence-electron chi connectivity index (χ4n) is 2.18. The Labute approximate surface area is 153 Å². The fourth-order valence-corrected chi connectivity index (χ4v) is 2.18. The van der Waals surface area contributed by atoms with E-state index in [9.17, 15) is 0 Å². The summed E-state index contributed by atoms with van der Waals surface area (Å²) in [6.45, 7) is 0. The van der Waals surface area contributed by atoms with Crippen molar-refractivity contribution in [2.45, 2.75) is 0 Å². The van der Waals surface area contributed by atoms with Crippen LogP contribution in [0.5, 0.6) is 0 Å². The number of hydrogen-bond donors (Lipinski definition) is 0. The van der Waals surface area contributed by atoms with Crippen LogP contribution < -0.4 is 0 Å². The SMILES string of the molecule is N#Cc1ccc(C#Cc2ccc(C#Cc3ccc(C#N)cc3)cc2)cc1. The Morgan fingerprint density at radius 1 is 0.346 bits per heavy atom. The molecule has 0 heterocycles. The van der Waals surface area contributed by atoms with Crippen LogP contribution in [0.25, 0.3) is 0 Å². The molecule has 118 valence electrons. The zero-order valence-corrected chi connectivity index (χ0v) is 13.8. The van der Waals surface area contributed by atoms with Gasteiger partial charge in [-0.05, 0) is 72.8 Å². The predicted molar refractivity (Wildman–Crippen MR) is 101 cm³/mol. The zero-order valence-electron chi connectivity index (χ0n) is 13.8. The minimum absolute atomic E-state index is 0.626. The van der Waals surface area contributed by atoms with Crippen LogP contribution in [0.4, 0.5) is 0 Å². The number of rotatable bonds is 0. The maximum absolute atomic E-state index is 8.79. The van der Waals surface area contributed by atoms with Crippen molar-refractivity contribution in [2.75, 3.05) is 0 Å². The van der Waals surface area contributed by atoms with Gasteiger partial charge in [0.05, 0.1) is 23.3 Å². The summed E-state index contributed by atoms with van der Waals surface area (Å²) in [4.78, 5) is 0. The van der Waals surface area contributed by atoms with E-state index >= 15 is 0 Å². The van der Waals surface area contributed by atoms with E-state index in [0.29, 0.717) is 11.1 Å². The van der Waals surface area contributed by atoms with Crippen molar-refractivity contribution in [1.82, 2.24) is 0 Å². The van der Waals surface area contributed by atoms with Crippen molar-refractivity contribution >= 4 is 0 Å². The first-order valence-electron chi connectivity index (χ1n) is 7.91. The predicted octanol–water partition coefficient (Wildman–Crippen LogP) is 4.23. The van der Waals surface area contributed by atoms with Crippen LogP contribution >= 0.6 is 0 Å². The van der Waals surface area contributed by atoms with Crippen LogP contribution in [0.15, 0.2) is 72.8 Å². The van der Waals surface area contributed by atoms with Gasteiger partial charge in [-0.3, -0.25) is 0 Å². The number of hydrogen-bond acceptors (Lipinski definition) is 2. The van der Waals surface area contributed by atoms with Gasteiger partial charge in [0.15, 0.2) is 0 Å². The summed E-state index contributed by atoms with van der Waals surface area (Å²) in [5, 5.41) is 17.6. The second-order valence-electron chi connectivity index (χ2n) is 5.46. The lowest BCUT2D eigenvalue weighted by atomic mass is 10.1. The maximum atomic E-state index is 8.79. The van der Waals surface area contributed by atoms with Crippen molar-refractivity contribution in [3.8, 4) is 35.8 Å². The van der Waals surface area contributed by atoms with Gasteiger partial charge in [-0.2, -0.15) is 10.5 Å². The lowest BCUT2D eigenvalue weighted by molar-refractivity contribution is 1.48. The largest absolute Gasteiger partial charge is 0.192 e. The molecule has 0 aliphatic carbocycles. The molecule has 3 aromatic carbocycles. The van der Waals surface area contributed by atoms with E-state index in [1.54, 1.807) is 24.3 Å². The molecule has 2 heteroatoms. The zero-order chi connectivity index (χ0) is 18.2. The Morgan fingerprint density at radius 2 is 0.538 bits per heavy atom. The van der Waals surface area contributed by atoms with Crippen LogP contribution in [0.1, 0.15) is 33.4 Å². The molecule has 0 spiro atoms. The van der Waals surface area contributed by atoms with Crippen molar-refractivity contribution in [2.24, 2.45) is 0 Å². The molecule has 0 radical (unpaired) electrons. The highest BCUT2D eigenvalue weighted by Gasteiger charge is 1.92. The first-order chi connectivity index (χ1) is 12.8. The Kier molecular flexibility index (Phi) is 5.13. The summed E-state index contributed by atoms with van der Waals surface area (Å²) < 4.78 is 0. The van der Waals surface area contributed by atoms with Crippen LogP contribution in [0.2, 0.25) is 0 Å². The molecule has 0 aromatic heterocycles. The minimum Gasteiger partial charge on any atom is -0.192 e. The molecule has 3 aromatic rings. The molecule has 0 fully saturated rings. The van der Waals surface area contributed by atoms with Crippen LogP contribution in [0, 0.1) is 46.3 Å². The van der Waals surface area contributed by atoms with Crippen molar-refractivity contribution in [3.63, 3.8) is 0 Å². The number of nitriles is 2. The molecule has 0 amide bonds. The Hall–Kier alpha value is -4.24. The molecule has 3 rings (SSSR count). The quantitative estimate of drug-likeness (QED) is 0.580. The second-order valence-corrected chi connectivity index (χ2v) is 5.46. The molecule has 0 aliphatic heterocycles. The molecule has 0 aliphatic rings. The summed E-state index contributed by atoms with van der Waals surface area (Å²) in [6, 6.07) is 26.3. The topological polar surface area (TPSA) is 47.6 Å². The molecule has 2 nitrogen and oxygen atoms in total. The summed E-state index contributed by atoms with van der Waals surface area (Å²) in [5.74, 6) is 12.4. The Bertz CT molecular complexity index is 1020. The van der Waals surface area contributed by atoms with Gasteiger partial charge in [0, 0.05) is 22.3 Å². The number of nitrogens with zero attached hydrogens (tertiary/aromatic N) is 2. The third-order valence-corrected chi connectivity index (χ3v) is 3.62. The third kappa shape index (κ3) is 4.40. The molecule has 0 atom stereocenters. The highest BCUT2D eigenvalue weighted by atomic mass is 14.2. The van der Waals surface area contributed by atoms with Gasteiger partial charge >= 0.3 is 0 Å². The van der Waals surface area contributed by atoms with E-state index in [1.807, 2.05) is 48.5 Å². The normalized spacial score (nSPS) is 8.85. The van der Waals surface area contributed by atoms with Gasteiger partial charge in [0.1, 0.15) is 0 Å². The van der Waals surface area contributed by atoms with E-state index in [4.69, 9.17) is 10.5 Å². The van der Waals surface area contributed by atoms with E-state index in [2.05, 4.69) is 35.8 Å². The van der Waals surface area contributed by atoms with Crippen LogP contribution in [0.3, 0.4) is 0 Å². The summed E-state index contributed by atoms with van der Waals surface area (Å²) in [7, 11) is 0. The highest BCUT2D eigenvalue weighted by Crippen LogP contribution is 2.06. The van der Waals surface area contributed by atoms with Gasteiger partial charge < -0.3 is 0 Å². The van der Waals surface area contributed by atoms with Crippen LogP contribution in [-0.4, -0.2) is 0 Å². The van der Waals surface area contributed by atoms with Gasteiger partial charge in [-0.1, -0.05) is 23.7 Å². The first-order valence-corrected chi connectivity index (χ1v) is 7.91. The number of benzene rings is 3. The van der Waals surface area contributed by atoms with E-state index < -0.39 is 0 Å². The molecule has 0 unspecified atom stereocenters. The molecule has 0 saturated heterocycles. The first kappa shape index (κ1) is 16.6. The molecular formula is C24H12N2. The third-order valence-electron chi connectivity index (χ3n) is 3.62. The van der Waals surface area contributed by atoms with E-state index in [0.717, 1.165) is 22.3 Å². The summed E-state index contributed by atoms with van der Waals surface area (Å²) in [5.41, 5.74) is 4.79. The fraction of sp³-hybridized carbons (Fsp3) is 0. The molecule has 0 bridgehead atoms. The lowest BCUT2D eigenvalue weighted by Crippen LogP contribution is -1.80. The highest BCUT2D eigenvalue weighted by molar-refractivity contribution is 5.49.